The monoisotopic (exact) mass is 225 g/mol. The van der Waals surface area contributed by atoms with Crippen molar-refractivity contribution in [3.05, 3.63) is 71.3 Å². The number of carbonyl (C=O) groups is 1. The molecular formula is C15H15NO. The van der Waals surface area contributed by atoms with E-state index in [1.54, 1.807) is 0 Å². The highest BCUT2D eigenvalue weighted by Crippen LogP contribution is 2.11. The Hall–Kier alpha value is -1.93. The molecule has 0 heterocycles. The van der Waals surface area contributed by atoms with Crippen molar-refractivity contribution in [2.24, 2.45) is 5.73 Å². The molecule has 2 heteroatoms. The van der Waals surface area contributed by atoms with Gasteiger partial charge in [0.1, 0.15) is 0 Å². The molecule has 2 aromatic carbocycles. The van der Waals surface area contributed by atoms with Crippen LogP contribution in [0.5, 0.6) is 0 Å². The lowest BCUT2D eigenvalue weighted by atomic mass is 10.0. The van der Waals surface area contributed by atoms with Gasteiger partial charge in [0.05, 0.1) is 0 Å². The highest BCUT2D eigenvalue weighted by molar-refractivity contribution is 6.08. The largest absolute Gasteiger partial charge is 0.330 e. The van der Waals surface area contributed by atoms with E-state index < -0.39 is 0 Å². The van der Waals surface area contributed by atoms with Crippen molar-refractivity contribution in [3.8, 4) is 0 Å². The minimum Gasteiger partial charge on any atom is -0.330 e. The molecule has 0 saturated heterocycles. The summed E-state index contributed by atoms with van der Waals surface area (Å²) in [5.41, 5.74) is 8.09. The van der Waals surface area contributed by atoms with Crippen molar-refractivity contribution >= 4 is 5.78 Å². The zero-order valence-corrected chi connectivity index (χ0v) is 9.60. The first-order valence-electron chi connectivity index (χ1n) is 5.70. The summed E-state index contributed by atoms with van der Waals surface area (Å²) < 4.78 is 0. The van der Waals surface area contributed by atoms with Crippen LogP contribution in [0, 0.1) is 0 Å². The first-order chi connectivity index (χ1) is 8.31. The third-order valence-electron chi connectivity index (χ3n) is 2.69. The Morgan fingerprint density at radius 2 is 1.47 bits per heavy atom. The molecule has 0 aliphatic rings. The normalized spacial score (nSPS) is 10.2. The molecule has 2 N–H and O–H groups in total. The van der Waals surface area contributed by atoms with Gasteiger partial charge in [-0.25, -0.2) is 0 Å². The fraction of sp³-hybridized carbons (Fsp3) is 0.133. The van der Waals surface area contributed by atoms with E-state index >= 15 is 0 Å². The fourth-order valence-electron chi connectivity index (χ4n) is 1.75. The Morgan fingerprint density at radius 1 is 0.882 bits per heavy atom. The smallest absolute Gasteiger partial charge is 0.193 e. The molecule has 0 aromatic heterocycles. The summed E-state index contributed by atoms with van der Waals surface area (Å²) in [6.45, 7) is 0.631. The van der Waals surface area contributed by atoms with Gasteiger partial charge in [-0.3, -0.25) is 4.79 Å². The zero-order valence-electron chi connectivity index (χ0n) is 9.60. The first kappa shape index (κ1) is 11.6. The van der Waals surface area contributed by atoms with Crippen LogP contribution in [0.25, 0.3) is 0 Å². The van der Waals surface area contributed by atoms with Crippen LogP contribution in [-0.4, -0.2) is 12.3 Å². The second-order valence-electron chi connectivity index (χ2n) is 3.93. The maximum Gasteiger partial charge on any atom is 0.193 e. The molecule has 0 spiro atoms. The van der Waals surface area contributed by atoms with Gasteiger partial charge in [0.15, 0.2) is 5.78 Å². The van der Waals surface area contributed by atoms with Crippen molar-refractivity contribution in [2.45, 2.75) is 6.42 Å². The van der Waals surface area contributed by atoms with E-state index in [1.807, 2.05) is 54.6 Å². The minimum atomic E-state index is 0.0601. The average molecular weight is 225 g/mol. The lowest BCUT2D eigenvalue weighted by Crippen LogP contribution is -2.04. The average Bonchev–Trinajstić information content (AvgIpc) is 2.40. The number of ketones is 1. The van der Waals surface area contributed by atoms with Crippen molar-refractivity contribution in [2.75, 3.05) is 6.54 Å². The summed E-state index contributed by atoms with van der Waals surface area (Å²) in [6.07, 6.45) is 0.847. The van der Waals surface area contributed by atoms with Crippen molar-refractivity contribution in [1.29, 1.82) is 0 Å². The number of carbonyl (C=O) groups excluding carboxylic acids is 1. The number of hydrogen-bond acceptors (Lipinski definition) is 2. The zero-order chi connectivity index (χ0) is 12.1. The van der Waals surface area contributed by atoms with Crippen LogP contribution in [0.4, 0.5) is 0 Å². The number of nitrogens with two attached hydrogens (primary N) is 1. The molecule has 0 fully saturated rings. The molecule has 0 saturated carbocycles. The van der Waals surface area contributed by atoms with Crippen LogP contribution < -0.4 is 5.73 Å². The molecule has 17 heavy (non-hydrogen) atoms. The van der Waals surface area contributed by atoms with Gasteiger partial charge in [0.2, 0.25) is 0 Å². The summed E-state index contributed by atoms with van der Waals surface area (Å²) in [6, 6.07) is 17.0. The minimum absolute atomic E-state index is 0.0601. The van der Waals surface area contributed by atoms with Crippen LogP contribution in [0.1, 0.15) is 21.5 Å². The summed E-state index contributed by atoms with van der Waals surface area (Å²) in [7, 11) is 0. The number of rotatable bonds is 4. The summed E-state index contributed by atoms with van der Waals surface area (Å²) >= 11 is 0. The highest BCUT2D eigenvalue weighted by Gasteiger charge is 2.07. The molecule has 2 rings (SSSR count). The number of benzene rings is 2. The van der Waals surface area contributed by atoms with E-state index in [0.717, 1.165) is 23.1 Å². The molecule has 0 radical (unpaired) electrons. The first-order valence-corrected chi connectivity index (χ1v) is 5.70. The molecule has 0 unspecified atom stereocenters. The van der Waals surface area contributed by atoms with Crippen LogP contribution in [0.3, 0.4) is 0 Å². The second-order valence-corrected chi connectivity index (χ2v) is 3.93. The Morgan fingerprint density at radius 3 is 2.06 bits per heavy atom. The van der Waals surface area contributed by atoms with E-state index in [9.17, 15) is 4.79 Å². The quantitative estimate of drug-likeness (QED) is 0.812. The standard InChI is InChI=1S/C15H15NO/c16-11-10-12-6-8-14(9-7-12)15(17)13-4-2-1-3-5-13/h1-9H,10-11,16H2. The predicted octanol–water partition coefficient (Wildman–Crippen LogP) is 2.42. The van der Waals surface area contributed by atoms with Crippen LogP contribution in [-0.2, 0) is 6.42 Å². The molecule has 0 bridgehead atoms. The van der Waals surface area contributed by atoms with Gasteiger partial charge in [-0.1, -0.05) is 54.6 Å². The van der Waals surface area contributed by atoms with Gasteiger partial charge in [0.25, 0.3) is 0 Å². The van der Waals surface area contributed by atoms with Gasteiger partial charge in [-0.2, -0.15) is 0 Å². The van der Waals surface area contributed by atoms with Gasteiger partial charge < -0.3 is 5.73 Å². The highest BCUT2D eigenvalue weighted by atomic mass is 16.1. The summed E-state index contributed by atoms with van der Waals surface area (Å²) in [5.74, 6) is 0.0601. The summed E-state index contributed by atoms with van der Waals surface area (Å²) in [4.78, 5) is 12.1. The van der Waals surface area contributed by atoms with Gasteiger partial charge >= 0.3 is 0 Å². The van der Waals surface area contributed by atoms with Crippen LogP contribution >= 0.6 is 0 Å². The SMILES string of the molecule is NCCc1ccc(C(=O)c2ccccc2)cc1. The van der Waals surface area contributed by atoms with E-state index in [0.29, 0.717) is 6.54 Å². The van der Waals surface area contributed by atoms with Crippen molar-refractivity contribution < 1.29 is 4.79 Å². The molecule has 2 nitrogen and oxygen atoms in total. The topological polar surface area (TPSA) is 43.1 Å². The van der Waals surface area contributed by atoms with Crippen molar-refractivity contribution in [3.63, 3.8) is 0 Å². The molecule has 2 aromatic rings. The lowest BCUT2D eigenvalue weighted by Gasteiger charge is -2.03. The third-order valence-corrected chi connectivity index (χ3v) is 2.69. The number of hydrogen-bond donors (Lipinski definition) is 1. The van der Waals surface area contributed by atoms with Gasteiger partial charge in [0, 0.05) is 11.1 Å². The maximum atomic E-state index is 12.1. The molecule has 0 amide bonds. The van der Waals surface area contributed by atoms with Crippen LogP contribution in [0.2, 0.25) is 0 Å². The Labute approximate surface area is 101 Å². The van der Waals surface area contributed by atoms with E-state index in [1.165, 1.54) is 0 Å². The molecule has 0 aliphatic heterocycles. The van der Waals surface area contributed by atoms with Crippen molar-refractivity contribution in [1.82, 2.24) is 0 Å². The lowest BCUT2D eigenvalue weighted by molar-refractivity contribution is 0.103. The Bertz CT molecular complexity index is 488. The van der Waals surface area contributed by atoms with Gasteiger partial charge in [-0.15, -0.1) is 0 Å². The van der Waals surface area contributed by atoms with E-state index in [2.05, 4.69) is 0 Å². The third kappa shape index (κ3) is 2.80. The maximum absolute atomic E-state index is 12.1. The van der Waals surface area contributed by atoms with Gasteiger partial charge in [-0.05, 0) is 18.5 Å². The Kier molecular flexibility index (Phi) is 3.68. The molecule has 86 valence electrons. The molecular weight excluding hydrogens is 210 g/mol. The Balaban J connectivity index is 2.20. The van der Waals surface area contributed by atoms with E-state index in [-0.39, 0.29) is 5.78 Å². The second kappa shape index (κ2) is 5.41. The van der Waals surface area contributed by atoms with Crippen LogP contribution in [0.15, 0.2) is 54.6 Å². The molecule has 0 aliphatic carbocycles. The predicted molar refractivity (Wildman–Crippen MR) is 69.1 cm³/mol. The summed E-state index contributed by atoms with van der Waals surface area (Å²) in [5, 5.41) is 0. The van der Waals surface area contributed by atoms with E-state index in [4.69, 9.17) is 5.73 Å². The molecule has 0 atom stereocenters. The fourth-order valence-corrected chi connectivity index (χ4v) is 1.75.